The summed E-state index contributed by atoms with van der Waals surface area (Å²) in [6, 6.07) is 14.0. The minimum atomic E-state index is -0.455. The molecule has 1 aromatic heterocycles. The van der Waals surface area contributed by atoms with Crippen molar-refractivity contribution >= 4 is 45.5 Å². The topological polar surface area (TPSA) is 124 Å². The zero-order chi connectivity index (χ0) is 19.2. The van der Waals surface area contributed by atoms with Crippen molar-refractivity contribution in [3.05, 3.63) is 74.2 Å². The number of aromatic nitrogens is 3. The first-order valence-electron chi connectivity index (χ1n) is 7.64. The van der Waals surface area contributed by atoms with Gasteiger partial charge in [-0.05, 0) is 35.4 Å². The summed E-state index contributed by atoms with van der Waals surface area (Å²) >= 11 is 4.89. The fourth-order valence-electron chi connectivity index (χ4n) is 2.07. The van der Waals surface area contributed by atoms with Gasteiger partial charge < -0.3 is 5.84 Å². The predicted molar refractivity (Wildman–Crippen MR) is 108 cm³/mol. The van der Waals surface area contributed by atoms with E-state index in [-0.39, 0.29) is 11.6 Å². The summed E-state index contributed by atoms with van der Waals surface area (Å²) in [5, 5.41) is 23.2. The number of benzene rings is 2. The molecular formula is C16H14BrN7O2S. The van der Waals surface area contributed by atoms with Crippen LogP contribution < -0.4 is 11.3 Å². The van der Waals surface area contributed by atoms with Gasteiger partial charge in [0.05, 0.1) is 11.1 Å². The summed E-state index contributed by atoms with van der Waals surface area (Å²) in [7, 11) is 0. The Labute approximate surface area is 166 Å². The van der Waals surface area contributed by atoms with E-state index in [1.807, 2.05) is 24.3 Å². The van der Waals surface area contributed by atoms with Crippen LogP contribution in [-0.2, 0) is 5.75 Å². The van der Waals surface area contributed by atoms with E-state index in [4.69, 9.17) is 5.84 Å². The molecule has 0 unspecified atom stereocenters. The highest BCUT2D eigenvalue weighted by Crippen LogP contribution is 2.23. The van der Waals surface area contributed by atoms with Crippen molar-refractivity contribution in [1.82, 2.24) is 14.9 Å². The maximum Gasteiger partial charge on any atom is 0.269 e. The Kier molecular flexibility index (Phi) is 6.04. The lowest BCUT2D eigenvalue weighted by molar-refractivity contribution is -0.384. The minimum absolute atomic E-state index is 0.0222. The van der Waals surface area contributed by atoms with Gasteiger partial charge in [-0.25, -0.2) is 10.1 Å². The monoisotopic (exact) mass is 447 g/mol. The number of hydrogen-bond donors (Lipinski definition) is 2. The number of nitro benzene ring substituents is 1. The van der Waals surface area contributed by atoms with Crippen molar-refractivity contribution in [3.63, 3.8) is 0 Å². The molecule has 0 amide bonds. The molecule has 0 bridgehead atoms. The van der Waals surface area contributed by atoms with Gasteiger partial charge in [0.15, 0.2) is 0 Å². The number of anilines is 1. The average molecular weight is 448 g/mol. The maximum absolute atomic E-state index is 10.6. The number of hydrogen-bond acceptors (Lipinski definition) is 8. The number of non-ortho nitro benzene ring substituents is 1. The molecule has 3 aromatic rings. The van der Waals surface area contributed by atoms with Crippen molar-refractivity contribution in [3.8, 4) is 0 Å². The fourth-order valence-corrected chi connectivity index (χ4v) is 3.32. The maximum atomic E-state index is 10.6. The lowest BCUT2D eigenvalue weighted by Crippen LogP contribution is -2.13. The van der Waals surface area contributed by atoms with Crippen molar-refractivity contribution in [1.29, 1.82) is 0 Å². The number of nitrogens with two attached hydrogens (primary N) is 1. The van der Waals surface area contributed by atoms with E-state index in [9.17, 15) is 10.1 Å². The summed E-state index contributed by atoms with van der Waals surface area (Å²) in [5.74, 6) is 6.96. The molecule has 0 aliphatic rings. The molecule has 0 saturated carbocycles. The van der Waals surface area contributed by atoms with Gasteiger partial charge in [0.2, 0.25) is 5.16 Å². The lowest BCUT2D eigenvalue weighted by Gasteiger charge is -2.03. The van der Waals surface area contributed by atoms with Crippen LogP contribution in [0, 0.1) is 10.1 Å². The van der Waals surface area contributed by atoms with E-state index >= 15 is 0 Å². The number of nitrogens with one attached hydrogen (secondary N) is 1. The van der Waals surface area contributed by atoms with Crippen molar-refractivity contribution in [2.24, 2.45) is 5.10 Å². The number of nitrogens with zero attached hydrogens (tertiary/aromatic N) is 5. The van der Waals surface area contributed by atoms with Crippen LogP contribution in [0.3, 0.4) is 0 Å². The third kappa shape index (κ3) is 5.05. The summed E-state index contributed by atoms with van der Waals surface area (Å²) in [5.41, 5.74) is 4.55. The Bertz CT molecular complexity index is 975. The van der Waals surface area contributed by atoms with Crippen LogP contribution in [0.2, 0.25) is 0 Å². The van der Waals surface area contributed by atoms with Gasteiger partial charge in [-0.15, -0.1) is 10.2 Å². The van der Waals surface area contributed by atoms with Gasteiger partial charge in [0.1, 0.15) is 0 Å². The molecular weight excluding hydrogens is 434 g/mol. The summed E-state index contributed by atoms with van der Waals surface area (Å²) in [6.07, 6.45) is 1.51. The van der Waals surface area contributed by atoms with E-state index < -0.39 is 4.92 Å². The summed E-state index contributed by atoms with van der Waals surface area (Å²) in [6.45, 7) is 0. The molecule has 0 spiro atoms. The van der Waals surface area contributed by atoms with Crippen molar-refractivity contribution < 1.29 is 4.92 Å². The normalized spacial score (nSPS) is 11.0. The summed E-state index contributed by atoms with van der Waals surface area (Å²) < 4.78 is 2.33. The largest absolute Gasteiger partial charge is 0.334 e. The van der Waals surface area contributed by atoms with Gasteiger partial charge in [0.25, 0.3) is 11.6 Å². The van der Waals surface area contributed by atoms with Crippen LogP contribution in [-0.4, -0.2) is 26.0 Å². The molecule has 27 heavy (non-hydrogen) atoms. The molecule has 3 N–H and O–H groups in total. The second kappa shape index (κ2) is 8.64. The zero-order valence-electron chi connectivity index (χ0n) is 13.8. The molecule has 1 heterocycles. The Balaban J connectivity index is 1.59. The average Bonchev–Trinajstić information content (AvgIpc) is 3.00. The Hall–Kier alpha value is -2.92. The smallest absolute Gasteiger partial charge is 0.269 e. The Morgan fingerprint density at radius 1 is 1.30 bits per heavy atom. The molecule has 0 aliphatic heterocycles. The molecule has 11 heteroatoms. The molecule has 2 aromatic carbocycles. The highest BCUT2D eigenvalue weighted by Gasteiger charge is 2.10. The van der Waals surface area contributed by atoms with Crippen molar-refractivity contribution in [2.75, 3.05) is 11.3 Å². The zero-order valence-corrected chi connectivity index (χ0v) is 16.2. The molecule has 0 radical (unpaired) electrons. The first-order chi connectivity index (χ1) is 13.0. The SMILES string of the molecule is Nn1c(N/N=C/c2ccc([N+](=O)[O-])cc2)nnc1SCc1cccc(Br)c1. The fraction of sp³-hybridized carbons (Fsp3) is 0.0625. The second-order valence-electron chi connectivity index (χ2n) is 5.31. The van der Waals surface area contributed by atoms with E-state index in [1.165, 1.54) is 34.8 Å². The highest BCUT2D eigenvalue weighted by molar-refractivity contribution is 9.10. The molecule has 9 nitrogen and oxygen atoms in total. The Morgan fingerprint density at radius 3 is 2.78 bits per heavy atom. The molecule has 0 saturated heterocycles. The highest BCUT2D eigenvalue weighted by atomic mass is 79.9. The van der Waals surface area contributed by atoms with Crippen LogP contribution in [0.4, 0.5) is 11.6 Å². The van der Waals surface area contributed by atoms with Gasteiger partial charge in [-0.2, -0.15) is 5.10 Å². The first-order valence-corrected chi connectivity index (χ1v) is 9.42. The second-order valence-corrected chi connectivity index (χ2v) is 7.17. The molecule has 0 atom stereocenters. The van der Waals surface area contributed by atoms with Gasteiger partial charge in [-0.3, -0.25) is 10.1 Å². The van der Waals surface area contributed by atoms with Gasteiger partial charge in [-0.1, -0.05) is 39.8 Å². The lowest BCUT2D eigenvalue weighted by atomic mass is 10.2. The van der Waals surface area contributed by atoms with E-state index in [1.54, 1.807) is 12.1 Å². The van der Waals surface area contributed by atoms with Crippen LogP contribution in [0.15, 0.2) is 63.3 Å². The molecule has 138 valence electrons. The predicted octanol–water partition coefficient (Wildman–Crippen LogP) is 3.40. The third-order valence-corrected chi connectivity index (χ3v) is 4.91. The molecule has 0 fully saturated rings. The van der Waals surface area contributed by atoms with Crippen LogP contribution in [0.1, 0.15) is 11.1 Å². The molecule has 3 rings (SSSR count). The quantitative estimate of drug-likeness (QED) is 0.187. The van der Waals surface area contributed by atoms with Crippen LogP contribution in [0.5, 0.6) is 0 Å². The van der Waals surface area contributed by atoms with E-state index in [2.05, 4.69) is 36.7 Å². The summed E-state index contributed by atoms with van der Waals surface area (Å²) in [4.78, 5) is 10.2. The number of hydrazone groups is 1. The number of nitro groups is 1. The van der Waals surface area contributed by atoms with Gasteiger partial charge in [0, 0.05) is 22.4 Å². The van der Waals surface area contributed by atoms with E-state index in [0.717, 1.165) is 10.0 Å². The standard InChI is InChI=1S/C16H14BrN7O2S/c17-13-3-1-2-12(8-13)10-27-16-22-21-15(23(16)18)20-19-9-11-4-6-14(7-5-11)24(25)26/h1-9H,10,18H2,(H,20,21)/b19-9+. The number of halogens is 1. The van der Waals surface area contributed by atoms with Crippen LogP contribution in [0.25, 0.3) is 0 Å². The van der Waals surface area contributed by atoms with Crippen LogP contribution >= 0.6 is 27.7 Å². The molecule has 0 aliphatic carbocycles. The third-order valence-electron chi connectivity index (χ3n) is 3.40. The van der Waals surface area contributed by atoms with Gasteiger partial charge >= 0.3 is 0 Å². The minimum Gasteiger partial charge on any atom is -0.334 e. The number of rotatable bonds is 7. The van der Waals surface area contributed by atoms with E-state index in [0.29, 0.717) is 16.5 Å². The first kappa shape index (κ1) is 18.9. The van der Waals surface area contributed by atoms with Crippen molar-refractivity contribution in [2.45, 2.75) is 10.9 Å². The number of thioether (sulfide) groups is 1. The Morgan fingerprint density at radius 2 is 2.07 bits per heavy atom. The number of nitrogen functional groups attached to an aromatic ring is 1.